The molecule has 2 amide bonds. The topological polar surface area (TPSA) is 146 Å². The van der Waals surface area contributed by atoms with Crippen LogP contribution in [0, 0.1) is 17.1 Å². The molecule has 0 aliphatic carbocycles. The molecule has 41 heavy (non-hydrogen) atoms. The molecule has 1 aliphatic heterocycles. The standard InChI is InChI=1S/C27H21BrCl2FN3O6S/c28-19-3-1-15(25(31)26(19)40-18-8-14(12-32)7-17(29)11-18)10-24(36)33-21-4-2-16(9-20(21)30)27(37)34-22-13-41(38,39)6-5-23(22)35/h1-4,7-9,11,22-23,35H,5-6,10,13H2,(H,33,36)(H,34,37)/t22-,23+/m1/s1. The highest BCUT2D eigenvalue weighted by Crippen LogP contribution is 2.36. The minimum Gasteiger partial charge on any atom is -0.453 e. The van der Waals surface area contributed by atoms with E-state index >= 15 is 4.39 Å². The van der Waals surface area contributed by atoms with Gasteiger partial charge >= 0.3 is 0 Å². The molecule has 4 rings (SSSR count). The van der Waals surface area contributed by atoms with Gasteiger partial charge in [0.15, 0.2) is 21.4 Å². The average Bonchev–Trinajstić information content (AvgIpc) is 2.91. The molecular weight excluding hydrogens is 664 g/mol. The second kappa shape index (κ2) is 12.8. The van der Waals surface area contributed by atoms with E-state index in [0.717, 1.165) is 0 Å². The molecule has 214 valence electrons. The summed E-state index contributed by atoms with van der Waals surface area (Å²) >= 11 is 15.5. The summed E-state index contributed by atoms with van der Waals surface area (Å²) in [6, 6.07) is 12.1. The van der Waals surface area contributed by atoms with Crippen molar-refractivity contribution in [1.29, 1.82) is 5.26 Å². The Bertz CT molecular complexity index is 1680. The number of hydrogen-bond acceptors (Lipinski definition) is 7. The quantitative estimate of drug-likeness (QED) is 0.317. The van der Waals surface area contributed by atoms with Gasteiger partial charge in [0.2, 0.25) is 5.91 Å². The van der Waals surface area contributed by atoms with Crippen molar-refractivity contribution in [1.82, 2.24) is 5.32 Å². The van der Waals surface area contributed by atoms with Gasteiger partial charge in [-0.2, -0.15) is 5.26 Å². The third-order valence-electron chi connectivity index (χ3n) is 6.14. The largest absolute Gasteiger partial charge is 0.453 e. The van der Waals surface area contributed by atoms with Gasteiger partial charge in [-0.15, -0.1) is 0 Å². The zero-order chi connectivity index (χ0) is 29.9. The lowest BCUT2D eigenvalue weighted by Crippen LogP contribution is -2.51. The van der Waals surface area contributed by atoms with Crippen LogP contribution in [0.3, 0.4) is 0 Å². The van der Waals surface area contributed by atoms with E-state index in [-0.39, 0.29) is 72.7 Å². The van der Waals surface area contributed by atoms with E-state index in [1.165, 1.54) is 48.5 Å². The Morgan fingerprint density at radius 3 is 2.63 bits per heavy atom. The number of halogens is 4. The fraction of sp³-hybridized carbons (Fsp3) is 0.222. The zero-order valence-corrected chi connectivity index (χ0v) is 24.9. The molecule has 1 heterocycles. The van der Waals surface area contributed by atoms with E-state index < -0.39 is 39.6 Å². The molecule has 3 aromatic carbocycles. The van der Waals surface area contributed by atoms with Crippen LogP contribution in [0.25, 0.3) is 0 Å². The summed E-state index contributed by atoms with van der Waals surface area (Å²) in [4.78, 5) is 25.4. The molecule has 3 aromatic rings. The normalized spacial score (nSPS) is 17.8. The second-order valence-corrected chi connectivity index (χ2v) is 13.1. The van der Waals surface area contributed by atoms with Crippen LogP contribution in [0.15, 0.2) is 53.0 Å². The van der Waals surface area contributed by atoms with Crippen molar-refractivity contribution in [3.8, 4) is 17.6 Å². The number of nitrogens with zero attached hydrogens (tertiary/aromatic N) is 1. The van der Waals surface area contributed by atoms with E-state index in [4.69, 9.17) is 33.2 Å². The van der Waals surface area contributed by atoms with E-state index in [0.29, 0.717) is 0 Å². The van der Waals surface area contributed by atoms with Crippen molar-refractivity contribution in [2.45, 2.75) is 25.0 Å². The number of hydrogen-bond donors (Lipinski definition) is 3. The number of aliphatic hydroxyl groups excluding tert-OH is 1. The van der Waals surface area contributed by atoms with Crippen molar-refractivity contribution in [2.24, 2.45) is 0 Å². The molecule has 0 saturated carbocycles. The Balaban J connectivity index is 1.44. The highest BCUT2D eigenvalue weighted by Gasteiger charge is 2.33. The summed E-state index contributed by atoms with van der Waals surface area (Å²) in [6.07, 6.45) is -1.36. The fourth-order valence-electron chi connectivity index (χ4n) is 4.09. The molecule has 3 N–H and O–H groups in total. The van der Waals surface area contributed by atoms with Crippen molar-refractivity contribution in [3.63, 3.8) is 0 Å². The number of sulfone groups is 1. The molecule has 0 unspecified atom stereocenters. The van der Waals surface area contributed by atoms with Gasteiger partial charge in [-0.25, -0.2) is 12.8 Å². The van der Waals surface area contributed by atoms with Gasteiger partial charge in [-0.1, -0.05) is 29.3 Å². The Morgan fingerprint density at radius 2 is 1.93 bits per heavy atom. The Hall–Kier alpha value is -3.21. The lowest BCUT2D eigenvalue weighted by molar-refractivity contribution is -0.115. The summed E-state index contributed by atoms with van der Waals surface area (Å²) in [5, 5.41) is 24.5. The van der Waals surface area contributed by atoms with Crippen molar-refractivity contribution in [3.05, 3.63) is 85.6 Å². The van der Waals surface area contributed by atoms with Gasteiger partial charge < -0.3 is 20.5 Å². The highest BCUT2D eigenvalue weighted by molar-refractivity contribution is 9.10. The second-order valence-electron chi connectivity index (χ2n) is 9.21. The molecular formula is C27H21BrCl2FN3O6S. The predicted molar refractivity (Wildman–Crippen MR) is 155 cm³/mol. The number of carbonyl (C=O) groups excluding carboxylic acids is 2. The average molecular weight is 685 g/mol. The van der Waals surface area contributed by atoms with Crippen molar-refractivity contribution >= 4 is 66.5 Å². The molecule has 0 aromatic heterocycles. The van der Waals surface area contributed by atoms with Gasteiger partial charge in [0.05, 0.1) is 56.9 Å². The van der Waals surface area contributed by atoms with Gasteiger partial charge in [-0.3, -0.25) is 9.59 Å². The number of aliphatic hydroxyl groups is 1. The Kier molecular flexibility index (Phi) is 9.56. The maximum absolute atomic E-state index is 15.3. The van der Waals surface area contributed by atoms with Crippen LogP contribution in [-0.2, 0) is 21.1 Å². The van der Waals surface area contributed by atoms with Crippen LogP contribution in [0.2, 0.25) is 10.0 Å². The van der Waals surface area contributed by atoms with Crippen LogP contribution < -0.4 is 15.4 Å². The molecule has 14 heteroatoms. The first kappa shape index (κ1) is 30.7. The number of nitrogens with one attached hydrogen (secondary N) is 2. The van der Waals surface area contributed by atoms with Crippen LogP contribution in [0.1, 0.15) is 27.9 Å². The number of nitriles is 1. The van der Waals surface area contributed by atoms with Crippen molar-refractivity contribution < 1.29 is 32.2 Å². The van der Waals surface area contributed by atoms with Crippen LogP contribution in [-0.4, -0.2) is 49.0 Å². The van der Waals surface area contributed by atoms with Crippen molar-refractivity contribution in [2.75, 3.05) is 16.8 Å². The lowest BCUT2D eigenvalue weighted by atomic mass is 10.1. The van der Waals surface area contributed by atoms with Gasteiger partial charge in [-0.05, 0) is 64.8 Å². The molecule has 0 bridgehead atoms. The predicted octanol–water partition coefficient (Wildman–Crippen LogP) is 5.02. The monoisotopic (exact) mass is 683 g/mol. The summed E-state index contributed by atoms with van der Waals surface area (Å²) in [6.45, 7) is 0. The lowest BCUT2D eigenvalue weighted by Gasteiger charge is -2.28. The first-order chi connectivity index (χ1) is 19.3. The third-order valence-corrected chi connectivity index (χ3v) is 9.02. The van der Waals surface area contributed by atoms with Crippen LogP contribution in [0.5, 0.6) is 11.5 Å². The number of rotatable bonds is 7. The van der Waals surface area contributed by atoms with Crippen LogP contribution >= 0.6 is 39.1 Å². The Labute approximate surface area is 253 Å². The summed E-state index contributed by atoms with van der Waals surface area (Å²) in [7, 11) is -3.38. The smallest absolute Gasteiger partial charge is 0.251 e. The van der Waals surface area contributed by atoms with E-state index in [1.54, 1.807) is 0 Å². The minimum absolute atomic E-state index is 0.0105. The summed E-state index contributed by atoms with van der Waals surface area (Å²) < 4.78 is 45.0. The summed E-state index contributed by atoms with van der Waals surface area (Å²) in [5.41, 5.74) is 0.478. The van der Waals surface area contributed by atoms with Gasteiger partial charge in [0.1, 0.15) is 5.75 Å². The SMILES string of the molecule is N#Cc1cc(Cl)cc(Oc2c(Br)ccc(CC(=O)Nc3ccc(C(=O)N[C@@H]4CS(=O)(=O)CC[C@@H]4O)cc3Cl)c2F)c1. The number of amides is 2. The first-order valence-corrected chi connectivity index (χ1v) is 15.4. The van der Waals surface area contributed by atoms with Gasteiger partial charge in [0, 0.05) is 16.1 Å². The number of anilines is 1. The molecule has 1 saturated heterocycles. The van der Waals surface area contributed by atoms with Crippen LogP contribution in [0.4, 0.5) is 10.1 Å². The van der Waals surface area contributed by atoms with E-state index in [9.17, 15) is 23.1 Å². The number of ether oxygens (including phenoxy) is 1. The maximum Gasteiger partial charge on any atom is 0.251 e. The molecule has 0 radical (unpaired) electrons. The Morgan fingerprint density at radius 1 is 1.17 bits per heavy atom. The highest BCUT2D eigenvalue weighted by atomic mass is 79.9. The van der Waals surface area contributed by atoms with E-state index in [2.05, 4.69) is 26.6 Å². The molecule has 0 spiro atoms. The van der Waals surface area contributed by atoms with Gasteiger partial charge in [0.25, 0.3) is 5.91 Å². The minimum atomic E-state index is -3.38. The zero-order valence-electron chi connectivity index (χ0n) is 21.0. The molecule has 2 atom stereocenters. The van der Waals surface area contributed by atoms with E-state index in [1.807, 2.05) is 6.07 Å². The molecule has 1 aliphatic rings. The maximum atomic E-state index is 15.3. The summed E-state index contributed by atoms with van der Waals surface area (Å²) in [5.74, 6) is -2.65. The first-order valence-electron chi connectivity index (χ1n) is 12.0. The third kappa shape index (κ3) is 7.75. The number of benzene rings is 3. The number of carbonyl (C=O) groups is 2. The fourth-order valence-corrected chi connectivity index (χ4v) is 6.55. The molecule has 9 nitrogen and oxygen atoms in total. The molecule has 1 fully saturated rings.